The van der Waals surface area contributed by atoms with Crippen molar-refractivity contribution in [3.63, 3.8) is 0 Å². The summed E-state index contributed by atoms with van der Waals surface area (Å²) in [5.74, 6) is 0.544. The minimum atomic E-state index is -0.633. The van der Waals surface area contributed by atoms with Crippen LogP contribution in [-0.4, -0.2) is 17.7 Å². The number of hydrogen-bond donors (Lipinski definition) is 0. The molecule has 0 amide bonds. The smallest absolute Gasteiger partial charge is 0.336 e. The number of ether oxygens (including phenoxy) is 3. The quantitative estimate of drug-likeness (QED) is 0.373. The Labute approximate surface area is 191 Å². The first-order chi connectivity index (χ1) is 15.7. The molecule has 170 valence electrons. The summed E-state index contributed by atoms with van der Waals surface area (Å²) < 4.78 is 24.4. The fourth-order valence-corrected chi connectivity index (χ4v) is 4.61. The van der Waals surface area contributed by atoms with Crippen molar-refractivity contribution < 1.29 is 23.4 Å². The second-order valence-electron chi connectivity index (χ2n) is 9.29. The van der Waals surface area contributed by atoms with Gasteiger partial charge in [-0.15, -0.1) is 0 Å². The average Bonchev–Trinajstić information content (AvgIpc) is 2.76. The molecule has 3 atom stereocenters. The first kappa shape index (κ1) is 21.3. The van der Waals surface area contributed by atoms with E-state index in [1.54, 1.807) is 0 Å². The van der Waals surface area contributed by atoms with Crippen LogP contribution in [0, 0.1) is 5.92 Å². The molecule has 0 saturated carbocycles. The molecule has 0 radical (unpaired) electrons. The van der Waals surface area contributed by atoms with E-state index in [1.165, 1.54) is 13.0 Å². The van der Waals surface area contributed by atoms with Crippen molar-refractivity contribution in [2.24, 2.45) is 5.92 Å². The summed E-state index contributed by atoms with van der Waals surface area (Å²) in [4.78, 5) is 24.8. The van der Waals surface area contributed by atoms with Crippen LogP contribution < -0.4 is 15.1 Å². The number of rotatable bonds is 2. The molecular formula is C27H26O6. The summed E-state index contributed by atoms with van der Waals surface area (Å²) >= 11 is 0. The van der Waals surface area contributed by atoms with Gasteiger partial charge in [-0.05, 0) is 38.5 Å². The summed E-state index contributed by atoms with van der Waals surface area (Å²) in [6, 6.07) is 11.1. The van der Waals surface area contributed by atoms with Crippen molar-refractivity contribution in [1.29, 1.82) is 0 Å². The van der Waals surface area contributed by atoms with Gasteiger partial charge in [0.15, 0.2) is 5.58 Å². The zero-order valence-electron chi connectivity index (χ0n) is 19.3. The fourth-order valence-electron chi connectivity index (χ4n) is 4.61. The molecule has 1 aromatic heterocycles. The predicted octanol–water partition coefficient (Wildman–Crippen LogP) is 5.67. The summed E-state index contributed by atoms with van der Waals surface area (Å²) in [5, 5.41) is 0.662. The molecule has 6 nitrogen and oxygen atoms in total. The zero-order chi connectivity index (χ0) is 23.5. The van der Waals surface area contributed by atoms with E-state index in [0.29, 0.717) is 33.6 Å². The molecule has 0 aliphatic carbocycles. The van der Waals surface area contributed by atoms with Crippen LogP contribution in [0.3, 0.4) is 0 Å². The first-order valence-corrected chi connectivity index (χ1v) is 11.1. The maximum atomic E-state index is 12.8. The number of hydrogen-bond acceptors (Lipinski definition) is 6. The van der Waals surface area contributed by atoms with Crippen LogP contribution in [-0.2, 0) is 9.53 Å². The van der Waals surface area contributed by atoms with Crippen molar-refractivity contribution in [2.45, 2.75) is 52.4 Å². The van der Waals surface area contributed by atoms with Crippen LogP contribution in [0.4, 0.5) is 0 Å². The molecule has 33 heavy (non-hydrogen) atoms. The summed E-state index contributed by atoms with van der Waals surface area (Å²) in [6.07, 6.45) is 3.09. The minimum absolute atomic E-state index is 0.154. The lowest BCUT2D eigenvalue weighted by molar-refractivity contribution is -0.152. The monoisotopic (exact) mass is 446 g/mol. The van der Waals surface area contributed by atoms with Gasteiger partial charge in [-0.2, -0.15) is 0 Å². The maximum absolute atomic E-state index is 12.8. The third kappa shape index (κ3) is 3.50. The van der Waals surface area contributed by atoms with E-state index in [2.05, 4.69) is 0 Å². The Balaban J connectivity index is 1.96. The van der Waals surface area contributed by atoms with Crippen molar-refractivity contribution in [3.8, 4) is 22.6 Å². The molecule has 0 saturated heterocycles. The van der Waals surface area contributed by atoms with Gasteiger partial charge < -0.3 is 18.6 Å². The standard InChI is InChI=1S/C27H26O6/c1-14-15(2)30-24-18-11-12-27(4,5)33-25(18)21-19(17-9-7-6-8-10-17)13-20(29)32-26(21)22(24)23(14)31-16(3)28/h6-15,23H,1-5H3/t14-,15-,23+/m1/s1. The van der Waals surface area contributed by atoms with Gasteiger partial charge in [0.05, 0.1) is 16.5 Å². The molecule has 0 spiro atoms. The van der Waals surface area contributed by atoms with E-state index >= 15 is 0 Å². The van der Waals surface area contributed by atoms with Crippen molar-refractivity contribution in [1.82, 2.24) is 0 Å². The molecule has 2 aromatic carbocycles. The van der Waals surface area contributed by atoms with Crippen molar-refractivity contribution in [2.75, 3.05) is 0 Å². The molecule has 0 N–H and O–H groups in total. The molecule has 0 bridgehead atoms. The molecule has 3 heterocycles. The highest BCUT2D eigenvalue weighted by Crippen LogP contribution is 2.54. The van der Waals surface area contributed by atoms with E-state index in [9.17, 15) is 9.59 Å². The Bertz CT molecular complexity index is 1350. The lowest BCUT2D eigenvalue weighted by Crippen LogP contribution is -2.35. The third-order valence-electron chi connectivity index (χ3n) is 6.37. The highest BCUT2D eigenvalue weighted by molar-refractivity contribution is 6.04. The van der Waals surface area contributed by atoms with Crippen LogP contribution in [0.25, 0.3) is 28.2 Å². The second-order valence-corrected chi connectivity index (χ2v) is 9.29. The molecule has 3 aromatic rings. The highest BCUT2D eigenvalue weighted by atomic mass is 16.6. The number of carbonyl (C=O) groups excluding carboxylic acids is 1. The van der Waals surface area contributed by atoms with E-state index in [0.717, 1.165) is 11.1 Å². The number of fused-ring (bicyclic) bond motifs is 6. The maximum Gasteiger partial charge on any atom is 0.336 e. The predicted molar refractivity (Wildman–Crippen MR) is 125 cm³/mol. The summed E-state index contributed by atoms with van der Waals surface area (Å²) in [6.45, 7) is 9.21. The van der Waals surface area contributed by atoms with E-state index in [1.807, 2.05) is 70.2 Å². The SMILES string of the molecule is CC(=O)O[C@@H]1c2c(c3c(c4c(-c5ccccc5)cc(=O)oc24)OC(C)(C)C=C3)O[C@H](C)[C@H]1C. The topological polar surface area (TPSA) is 75.0 Å². The van der Waals surface area contributed by atoms with Gasteiger partial charge in [-0.1, -0.05) is 37.3 Å². The number of esters is 1. The third-order valence-corrected chi connectivity index (χ3v) is 6.37. The lowest BCUT2D eigenvalue weighted by Gasteiger charge is -2.38. The zero-order valence-corrected chi connectivity index (χ0v) is 19.3. The van der Waals surface area contributed by atoms with Crippen LogP contribution in [0.2, 0.25) is 0 Å². The molecule has 5 rings (SSSR count). The van der Waals surface area contributed by atoms with Gasteiger partial charge >= 0.3 is 11.6 Å². The van der Waals surface area contributed by atoms with E-state index < -0.39 is 23.3 Å². The molecule has 0 fully saturated rings. The largest absolute Gasteiger partial charge is 0.489 e. The van der Waals surface area contributed by atoms with Gasteiger partial charge in [-0.25, -0.2) is 4.79 Å². The minimum Gasteiger partial charge on any atom is -0.489 e. The molecule has 0 unspecified atom stereocenters. The van der Waals surface area contributed by atoms with Crippen LogP contribution in [0.5, 0.6) is 11.5 Å². The van der Waals surface area contributed by atoms with Gasteiger partial charge in [-0.3, -0.25) is 4.79 Å². The Morgan fingerprint density at radius 3 is 2.52 bits per heavy atom. The number of benzene rings is 2. The molecule has 6 heteroatoms. The number of carbonyl (C=O) groups is 1. The van der Waals surface area contributed by atoms with Gasteiger partial charge in [0, 0.05) is 24.5 Å². The normalized spacial score (nSPS) is 22.6. The van der Waals surface area contributed by atoms with E-state index in [-0.39, 0.29) is 12.0 Å². The fraction of sp³-hybridized carbons (Fsp3) is 0.333. The van der Waals surface area contributed by atoms with E-state index in [4.69, 9.17) is 18.6 Å². The highest BCUT2D eigenvalue weighted by Gasteiger charge is 2.42. The Morgan fingerprint density at radius 1 is 1.09 bits per heavy atom. The lowest BCUT2D eigenvalue weighted by atomic mass is 9.84. The first-order valence-electron chi connectivity index (χ1n) is 11.1. The Hall–Kier alpha value is -3.54. The van der Waals surface area contributed by atoms with Crippen LogP contribution >= 0.6 is 0 Å². The van der Waals surface area contributed by atoms with Gasteiger partial charge in [0.2, 0.25) is 0 Å². The molecule has 2 aliphatic rings. The second kappa shape index (κ2) is 7.51. The van der Waals surface area contributed by atoms with Crippen LogP contribution in [0.1, 0.15) is 51.8 Å². The van der Waals surface area contributed by atoms with Crippen molar-refractivity contribution in [3.05, 3.63) is 64.0 Å². The average molecular weight is 446 g/mol. The molecular weight excluding hydrogens is 420 g/mol. The van der Waals surface area contributed by atoms with Crippen molar-refractivity contribution >= 4 is 23.0 Å². The Kier molecular flexibility index (Phi) is 4.85. The summed E-state index contributed by atoms with van der Waals surface area (Å²) in [7, 11) is 0. The Morgan fingerprint density at radius 2 is 1.82 bits per heavy atom. The van der Waals surface area contributed by atoms with Crippen LogP contribution in [0.15, 0.2) is 51.7 Å². The van der Waals surface area contributed by atoms with Gasteiger partial charge in [0.25, 0.3) is 0 Å². The van der Waals surface area contributed by atoms with Gasteiger partial charge in [0.1, 0.15) is 29.3 Å². The molecule has 2 aliphatic heterocycles. The summed E-state index contributed by atoms with van der Waals surface area (Å²) in [5.41, 5.74) is 2.12.